The maximum atomic E-state index is 13.0. The van der Waals surface area contributed by atoms with Crippen molar-refractivity contribution < 1.29 is 14.4 Å². The summed E-state index contributed by atoms with van der Waals surface area (Å²) in [5.74, 6) is -0.907. The van der Waals surface area contributed by atoms with Gasteiger partial charge in [0.2, 0.25) is 11.8 Å². The molecule has 1 saturated heterocycles. The molecular formula is C26H31N3O3. The molecule has 3 amide bonds. The highest BCUT2D eigenvalue weighted by Gasteiger charge is 2.36. The third-order valence-electron chi connectivity index (χ3n) is 6.52. The van der Waals surface area contributed by atoms with Crippen LogP contribution in [0.4, 0.5) is 11.4 Å². The minimum absolute atomic E-state index is 0.0535. The molecule has 0 bridgehead atoms. The maximum absolute atomic E-state index is 13.0. The van der Waals surface area contributed by atoms with Gasteiger partial charge in [0, 0.05) is 24.7 Å². The standard InChI is InChI=1S/C26H31N3O3/c1-17-12-13-18(2)23(14-17)29-16-19(15-24(29)30)25(31)28-22-11-7-6-10-21(22)26(32)27-20-8-4-3-5-9-20/h6-7,10-14,19-20H,3-5,8-9,15-16H2,1-2H3,(H,27,32)(H,28,31). The summed E-state index contributed by atoms with van der Waals surface area (Å²) in [5, 5.41) is 6.02. The van der Waals surface area contributed by atoms with Crippen LogP contribution in [0.2, 0.25) is 0 Å². The van der Waals surface area contributed by atoms with Crippen molar-refractivity contribution >= 4 is 29.1 Å². The second-order valence-corrected chi connectivity index (χ2v) is 9.04. The molecule has 4 rings (SSSR count). The van der Waals surface area contributed by atoms with Crippen molar-refractivity contribution in [3.63, 3.8) is 0 Å². The molecule has 2 aromatic carbocycles. The van der Waals surface area contributed by atoms with E-state index in [1.165, 1.54) is 6.42 Å². The summed E-state index contributed by atoms with van der Waals surface area (Å²) in [6.07, 6.45) is 5.65. The molecule has 2 N–H and O–H groups in total. The predicted octanol–water partition coefficient (Wildman–Crippen LogP) is 4.36. The van der Waals surface area contributed by atoms with Gasteiger partial charge in [0.25, 0.3) is 5.91 Å². The van der Waals surface area contributed by atoms with Crippen LogP contribution in [0.3, 0.4) is 0 Å². The first-order valence-corrected chi connectivity index (χ1v) is 11.5. The average Bonchev–Trinajstić information content (AvgIpc) is 3.18. The zero-order valence-electron chi connectivity index (χ0n) is 18.8. The van der Waals surface area contributed by atoms with Crippen molar-refractivity contribution in [2.45, 2.75) is 58.4 Å². The van der Waals surface area contributed by atoms with Gasteiger partial charge in [0.05, 0.1) is 17.2 Å². The SMILES string of the molecule is Cc1ccc(C)c(N2CC(C(=O)Nc3ccccc3C(=O)NC3CCCCC3)CC2=O)c1. The van der Waals surface area contributed by atoms with Crippen LogP contribution in [0, 0.1) is 19.8 Å². The topological polar surface area (TPSA) is 78.5 Å². The molecule has 2 fully saturated rings. The van der Waals surface area contributed by atoms with Gasteiger partial charge in [-0.15, -0.1) is 0 Å². The lowest BCUT2D eigenvalue weighted by atomic mass is 9.95. The Bertz CT molecular complexity index is 1030. The Balaban J connectivity index is 1.45. The summed E-state index contributed by atoms with van der Waals surface area (Å²) < 4.78 is 0. The Hall–Kier alpha value is -3.15. The van der Waals surface area contributed by atoms with E-state index in [9.17, 15) is 14.4 Å². The number of hydrogen-bond acceptors (Lipinski definition) is 3. The summed E-state index contributed by atoms with van der Waals surface area (Å²) in [6, 6.07) is 13.3. The lowest BCUT2D eigenvalue weighted by molar-refractivity contribution is -0.122. The molecule has 0 aromatic heterocycles. The Morgan fingerprint density at radius 1 is 1.00 bits per heavy atom. The van der Waals surface area contributed by atoms with Gasteiger partial charge < -0.3 is 15.5 Å². The van der Waals surface area contributed by atoms with Gasteiger partial charge in [-0.05, 0) is 56.0 Å². The average molecular weight is 434 g/mol. The van der Waals surface area contributed by atoms with Gasteiger partial charge >= 0.3 is 0 Å². The molecule has 168 valence electrons. The van der Waals surface area contributed by atoms with Crippen LogP contribution < -0.4 is 15.5 Å². The molecule has 1 aliphatic carbocycles. The molecule has 1 aliphatic heterocycles. The highest BCUT2D eigenvalue weighted by molar-refractivity contribution is 6.07. The number of amides is 3. The Kier molecular flexibility index (Phi) is 6.58. The molecule has 32 heavy (non-hydrogen) atoms. The van der Waals surface area contributed by atoms with Gasteiger partial charge in [-0.2, -0.15) is 0 Å². The van der Waals surface area contributed by atoms with Crippen LogP contribution >= 0.6 is 0 Å². The summed E-state index contributed by atoms with van der Waals surface area (Å²) in [4.78, 5) is 40.3. The molecule has 1 unspecified atom stereocenters. The first-order chi connectivity index (χ1) is 15.4. The molecule has 0 spiro atoms. The number of aryl methyl sites for hydroxylation is 2. The third kappa shape index (κ3) is 4.85. The Morgan fingerprint density at radius 2 is 1.75 bits per heavy atom. The fraction of sp³-hybridized carbons (Fsp3) is 0.423. The van der Waals surface area contributed by atoms with Crippen molar-refractivity contribution in [3.05, 3.63) is 59.2 Å². The highest BCUT2D eigenvalue weighted by atomic mass is 16.2. The predicted molar refractivity (Wildman–Crippen MR) is 126 cm³/mol. The molecule has 6 heteroatoms. The van der Waals surface area contributed by atoms with Crippen molar-refractivity contribution in [2.75, 3.05) is 16.8 Å². The Morgan fingerprint density at radius 3 is 2.53 bits per heavy atom. The first-order valence-electron chi connectivity index (χ1n) is 11.5. The minimum Gasteiger partial charge on any atom is -0.349 e. The number of nitrogens with zero attached hydrogens (tertiary/aromatic N) is 1. The lowest BCUT2D eigenvalue weighted by Gasteiger charge is -2.23. The summed E-state index contributed by atoms with van der Waals surface area (Å²) in [5.41, 5.74) is 3.89. The molecule has 1 atom stereocenters. The molecule has 0 radical (unpaired) electrons. The molecule has 1 heterocycles. The monoisotopic (exact) mass is 433 g/mol. The van der Waals surface area contributed by atoms with Gasteiger partial charge in [0.1, 0.15) is 0 Å². The number of hydrogen-bond donors (Lipinski definition) is 2. The van der Waals surface area contributed by atoms with Crippen LogP contribution in [0.1, 0.15) is 60.0 Å². The van der Waals surface area contributed by atoms with Crippen molar-refractivity contribution in [2.24, 2.45) is 5.92 Å². The highest BCUT2D eigenvalue weighted by Crippen LogP contribution is 2.30. The second-order valence-electron chi connectivity index (χ2n) is 9.04. The van der Waals surface area contributed by atoms with Crippen molar-refractivity contribution in [1.29, 1.82) is 0 Å². The van der Waals surface area contributed by atoms with Crippen LogP contribution in [0.5, 0.6) is 0 Å². The lowest BCUT2D eigenvalue weighted by Crippen LogP contribution is -2.36. The summed E-state index contributed by atoms with van der Waals surface area (Å²) in [6.45, 7) is 4.30. The first kappa shape index (κ1) is 22.1. The van der Waals surface area contributed by atoms with E-state index < -0.39 is 5.92 Å². The van der Waals surface area contributed by atoms with Gasteiger partial charge in [-0.3, -0.25) is 14.4 Å². The smallest absolute Gasteiger partial charge is 0.253 e. The number of benzene rings is 2. The second kappa shape index (κ2) is 9.55. The van der Waals surface area contributed by atoms with Crippen LogP contribution in [0.25, 0.3) is 0 Å². The van der Waals surface area contributed by atoms with E-state index in [4.69, 9.17) is 0 Å². The molecule has 2 aromatic rings. The van der Waals surface area contributed by atoms with Gasteiger partial charge in [0.15, 0.2) is 0 Å². The number of rotatable bonds is 5. The summed E-state index contributed by atoms with van der Waals surface area (Å²) in [7, 11) is 0. The molecule has 2 aliphatic rings. The van der Waals surface area contributed by atoms with Crippen LogP contribution in [-0.2, 0) is 9.59 Å². The molecule has 1 saturated carbocycles. The number of nitrogens with one attached hydrogen (secondary N) is 2. The minimum atomic E-state index is -0.461. The third-order valence-corrected chi connectivity index (χ3v) is 6.52. The van der Waals surface area contributed by atoms with E-state index in [0.29, 0.717) is 17.8 Å². The number of anilines is 2. The largest absolute Gasteiger partial charge is 0.349 e. The summed E-state index contributed by atoms with van der Waals surface area (Å²) >= 11 is 0. The van der Waals surface area contributed by atoms with E-state index in [1.807, 2.05) is 32.0 Å². The van der Waals surface area contributed by atoms with Crippen LogP contribution in [-0.4, -0.2) is 30.3 Å². The van der Waals surface area contributed by atoms with E-state index in [1.54, 1.807) is 29.2 Å². The molecule has 6 nitrogen and oxygen atoms in total. The van der Waals surface area contributed by atoms with Gasteiger partial charge in [-0.1, -0.05) is 43.5 Å². The quantitative estimate of drug-likeness (QED) is 0.736. The molecular weight excluding hydrogens is 402 g/mol. The van der Waals surface area contributed by atoms with E-state index in [0.717, 1.165) is 42.5 Å². The fourth-order valence-electron chi connectivity index (χ4n) is 4.66. The van der Waals surface area contributed by atoms with E-state index >= 15 is 0 Å². The number of carbonyl (C=O) groups excluding carboxylic acids is 3. The van der Waals surface area contributed by atoms with Crippen molar-refractivity contribution in [3.8, 4) is 0 Å². The zero-order valence-corrected chi connectivity index (χ0v) is 18.8. The number of carbonyl (C=O) groups is 3. The van der Waals surface area contributed by atoms with Gasteiger partial charge in [-0.25, -0.2) is 0 Å². The van der Waals surface area contributed by atoms with Crippen LogP contribution in [0.15, 0.2) is 42.5 Å². The number of para-hydroxylation sites is 1. The normalized spacial score (nSPS) is 19.1. The fourth-order valence-corrected chi connectivity index (χ4v) is 4.66. The zero-order chi connectivity index (χ0) is 22.7. The van der Waals surface area contributed by atoms with Crippen molar-refractivity contribution in [1.82, 2.24) is 5.32 Å². The Labute approximate surface area is 189 Å². The van der Waals surface area contributed by atoms with E-state index in [-0.39, 0.29) is 30.2 Å². The maximum Gasteiger partial charge on any atom is 0.253 e. The van der Waals surface area contributed by atoms with E-state index in [2.05, 4.69) is 10.6 Å².